The summed E-state index contributed by atoms with van der Waals surface area (Å²) in [4.78, 5) is 0. The Labute approximate surface area is 108 Å². The van der Waals surface area contributed by atoms with Crippen LogP contribution in [0.2, 0.25) is 0 Å². The average molecular weight is 255 g/mol. The van der Waals surface area contributed by atoms with Crippen LogP contribution in [0.15, 0.2) is 12.1 Å². The van der Waals surface area contributed by atoms with Crippen molar-refractivity contribution in [2.75, 3.05) is 19.1 Å². The Hall–Kier alpha value is -0.570. The highest BCUT2D eigenvalue weighted by atomic mass is 35.5. The van der Waals surface area contributed by atoms with Crippen molar-refractivity contribution in [3.05, 3.63) is 34.4 Å². The first-order chi connectivity index (χ1) is 8.09. The molecule has 0 saturated carbocycles. The summed E-state index contributed by atoms with van der Waals surface area (Å²) in [5.41, 5.74) is 4.85. The lowest BCUT2D eigenvalue weighted by Gasteiger charge is -2.30. The first kappa shape index (κ1) is 12.9. The number of ether oxygens (including phenoxy) is 2. The van der Waals surface area contributed by atoms with Crippen LogP contribution in [-0.2, 0) is 15.3 Å². The number of hydrogen-bond donors (Lipinski definition) is 0. The van der Waals surface area contributed by atoms with Crippen molar-refractivity contribution in [2.24, 2.45) is 0 Å². The third-order valence-corrected chi connectivity index (χ3v) is 3.42. The first-order valence-electron chi connectivity index (χ1n) is 6.01. The summed E-state index contributed by atoms with van der Waals surface area (Å²) >= 11 is 5.90. The largest absolute Gasteiger partial charge is 0.343 e. The van der Waals surface area contributed by atoms with E-state index in [1.807, 2.05) is 0 Å². The Kier molecular flexibility index (Phi) is 3.76. The molecular weight excluding hydrogens is 236 g/mol. The predicted octanol–water partition coefficient (Wildman–Crippen LogP) is 3.44. The van der Waals surface area contributed by atoms with Gasteiger partial charge in [-0.05, 0) is 31.9 Å². The van der Waals surface area contributed by atoms with E-state index in [4.69, 9.17) is 21.1 Å². The molecular formula is C14H19ClO2. The van der Waals surface area contributed by atoms with Crippen LogP contribution in [0.4, 0.5) is 0 Å². The van der Waals surface area contributed by atoms with E-state index in [0.29, 0.717) is 25.5 Å². The van der Waals surface area contributed by atoms with Crippen LogP contribution in [0.25, 0.3) is 0 Å². The Morgan fingerprint density at radius 2 is 1.65 bits per heavy atom. The molecule has 0 unspecified atom stereocenters. The van der Waals surface area contributed by atoms with Gasteiger partial charge in [0.15, 0.2) is 5.79 Å². The maximum absolute atomic E-state index is 5.90. The molecule has 0 spiro atoms. The molecule has 1 heterocycles. The fourth-order valence-electron chi connectivity index (χ4n) is 2.77. The van der Waals surface area contributed by atoms with Crippen LogP contribution in [-0.4, -0.2) is 19.1 Å². The lowest BCUT2D eigenvalue weighted by atomic mass is 9.91. The Balaban J connectivity index is 2.50. The minimum Gasteiger partial charge on any atom is -0.343 e. The van der Waals surface area contributed by atoms with Crippen molar-refractivity contribution in [1.82, 2.24) is 0 Å². The number of rotatable bonds is 3. The Bertz CT molecular complexity index is 386. The van der Waals surface area contributed by atoms with Gasteiger partial charge in [-0.25, -0.2) is 0 Å². The molecule has 0 atom stereocenters. The van der Waals surface area contributed by atoms with Crippen molar-refractivity contribution >= 4 is 11.6 Å². The van der Waals surface area contributed by atoms with Crippen LogP contribution in [0, 0.1) is 20.8 Å². The first-order valence-corrected chi connectivity index (χ1v) is 6.55. The number of aryl methyl sites for hydroxylation is 3. The molecule has 94 valence electrons. The topological polar surface area (TPSA) is 18.5 Å². The summed E-state index contributed by atoms with van der Waals surface area (Å²) in [6.45, 7) is 7.61. The van der Waals surface area contributed by atoms with Gasteiger partial charge in [0.1, 0.15) is 0 Å². The third kappa shape index (κ3) is 2.35. The Morgan fingerprint density at radius 3 is 2.12 bits per heavy atom. The summed E-state index contributed by atoms with van der Waals surface area (Å²) in [5, 5.41) is 0. The van der Waals surface area contributed by atoms with Crippen molar-refractivity contribution in [3.63, 3.8) is 0 Å². The molecule has 2 rings (SSSR count). The summed E-state index contributed by atoms with van der Waals surface area (Å²) < 4.78 is 11.7. The van der Waals surface area contributed by atoms with Gasteiger partial charge in [-0.1, -0.05) is 17.7 Å². The number of hydrogen-bond acceptors (Lipinski definition) is 2. The van der Waals surface area contributed by atoms with E-state index in [1.54, 1.807) is 0 Å². The van der Waals surface area contributed by atoms with Crippen molar-refractivity contribution in [3.8, 4) is 0 Å². The van der Waals surface area contributed by atoms with Crippen molar-refractivity contribution in [1.29, 1.82) is 0 Å². The standard InChI is InChI=1S/C14H19ClO2/c1-10-8-11(2)13(12(3)9-10)14(4-5-15)16-6-7-17-14/h8-9H,4-7H2,1-3H3. The molecule has 3 heteroatoms. The monoisotopic (exact) mass is 254 g/mol. The molecule has 0 N–H and O–H groups in total. The maximum Gasteiger partial charge on any atom is 0.196 e. The highest BCUT2D eigenvalue weighted by Crippen LogP contribution is 2.39. The molecule has 0 aromatic heterocycles. The third-order valence-electron chi connectivity index (χ3n) is 3.24. The average Bonchev–Trinajstić information content (AvgIpc) is 2.66. The van der Waals surface area contributed by atoms with Crippen molar-refractivity contribution in [2.45, 2.75) is 33.0 Å². The second-order valence-electron chi connectivity index (χ2n) is 4.66. The van der Waals surface area contributed by atoms with Crippen LogP contribution in [0.1, 0.15) is 28.7 Å². The zero-order valence-corrected chi connectivity index (χ0v) is 11.4. The summed E-state index contributed by atoms with van der Waals surface area (Å²) in [7, 11) is 0. The van der Waals surface area contributed by atoms with E-state index < -0.39 is 5.79 Å². The molecule has 1 aromatic rings. The number of benzene rings is 1. The summed E-state index contributed by atoms with van der Waals surface area (Å²) in [6, 6.07) is 4.34. The molecule has 2 nitrogen and oxygen atoms in total. The normalized spacial score (nSPS) is 18.6. The van der Waals surface area contributed by atoms with Crippen LogP contribution < -0.4 is 0 Å². The van der Waals surface area contributed by atoms with Gasteiger partial charge in [0, 0.05) is 17.9 Å². The predicted molar refractivity (Wildman–Crippen MR) is 69.6 cm³/mol. The molecule has 0 radical (unpaired) electrons. The van der Waals surface area contributed by atoms with Crippen LogP contribution in [0.3, 0.4) is 0 Å². The van der Waals surface area contributed by atoms with Gasteiger partial charge in [-0.3, -0.25) is 0 Å². The second-order valence-corrected chi connectivity index (χ2v) is 5.04. The van der Waals surface area contributed by atoms with E-state index in [-0.39, 0.29) is 0 Å². The van der Waals surface area contributed by atoms with Gasteiger partial charge in [-0.15, -0.1) is 11.6 Å². The van der Waals surface area contributed by atoms with E-state index >= 15 is 0 Å². The number of alkyl halides is 1. The van der Waals surface area contributed by atoms with Gasteiger partial charge in [0.2, 0.25) is 0 Å². The minimum absolute atomic E-state index is 0.534. The molecule has 1 aliphatic rings. The molecule has 1 aliphatic heterocycles. The molecule has 0 bridgehead atoms. The quantitative estimate of drug-likeness (QED) is 0.770. The van der Waals surface area contributed by atoms with E-state index in [9.17, 15) is 0 Å². The van der Waals surface area contributed by atoms with E-state index in [0.717, 1.165) is 5.56 Å². The molecule has 0 amide bonds. The SMILES string of the molecule is Cc1cc(C)c(C2(CCCl)OCCO2)c(C)c1. The summed E-state index contributed by atoms with van der Waals surface area (Å²) in [5.74, 6) is -0.0869. The zero-order valence-electron chi connectivity index (χ0n) is 10.7. The van der Waals surface area contributed by atoms with Gasteiger partial charge < -0.3 is 9.47 Å². The van der Waals surface area contributed by atoms with E-state index in [2.05, 4.69) is 32.9 Å². The highest BCUT2D eigenvalue weighted by molar-refractivity contribution is 6.17. The van der Waals surface area contributed by atoms with Crippen LogP contribution in [0.5, 0.6) is 0 Å². The molecule has 1 fully saturated rings. The zero-order chi connectivity index (χ0) is 12.5. The van der Waals surface area contributed by atoms with Gasteiger partial charge in [-0.2, -0.15) is 0 Å². The van der Waals surface area contributed by atoms with Gasteiger partial charge >= 0.3 is 0 Å². The molecule has 17 heavy (non-hydrogen) atoms. The number of halogens is 1. The summed E-state index contributed by atoms with van der Waals surface area (Å²) in [6.07, 6.45) is 0.694. The highest BCUT2D eigenvalue weighted by Gasteiger charge is 2.40. The smallest absolute Gasteiger partial charge is 0.196 e. The fraction of sp³-hybridized carbons (Fsp3) is 0.571. The van der Waals surface area contributed by atoms with Gasteiger partial charge in [0.25, 0.3) is 0 Å². The minimum atomic E-state index is -0.621. The Morgan fingerprint density at radius 1 is 1.12 bits per heavy atom. The van der Waals surface area contributed by atoms with Crippen molar-refractivity contribution < 1.29 is 9.47 Å². The molecule has 1 aromatic carbocycles. The second kappa shape index (κ2) is 4.97. The van der Waals surface area contributed by atoms with Gasteiger partial charge in [0.05, 0.1) is 13.2 Å². The lowest BCUT2D eigenvalue weighted by molar-refractivity contribution is -0.167. The molecule has 1 saturated heterocycles. The lowest BCUT2D eigenvalue weighted by Crippen LogP contribution is -2.30. The molecule has 0 aliphatic carbocycles. The fourth-order valence-corrected chi connectivity index (χ4v) is 3.02. The van der Waals surface area contributed by atoms with E-state index in [1.165, 1.54) is 16.7 Å². The van der Waals surface area contributed by atoms with Crippen LogP contribution >= 0.6 is 11.6 Å². The maximum atomic E-state index is 5.90.